The first kappa shape index (κ1) is 47.3. The molecule has 0 atom stereocenters. The lowest BCUT2D eigenvalue weighted by molar-refractivity contribution is 0.953. The van der Waals surface area contributed by atoms with Crippen molar-refractivity contribution in [2.24, 2.45) is 0 Å². The van der Waals surface area contributed by atoms with Crippen molar-refractivity contribution in [2.45, 2.75) is 0 Å². The summed E-state index contributed by atoms with van der Waals surface area (Å²) in [5.74, 6) is 1.47. The second kappa shape index (κ2) is 19.4. The minimum Gasteiger partial charge on any atom is -0.307 e. The van der Waals surface area contributed by atoms with E-state index in [9.17, 15) is 0 Å². The fourth-order valence-corrected chi connectivity index (χ4v) is 12.6. The number of benzene rings is 10. The molecule has 0 amide bonds. The number of aromatic nitrogens is 5. The molecular weight excluding hydrogens is 1050 g/mol. The third-order valence-corrected chi connectivity index (χ3v) is 15.6. The highest BCUT2D eigenvalue weighted by Crippen LogP contribution is 2.42. The molecule has 0 saturated heterocycles. The molecule has 0 aliphatic heterocycles. The zero-order valence-corrected chi connectivity index (χ0v) is 43.9. The second-order valence-electron chi connectivity index (χ2n) is 18.3. The highest BCUT2D eigenvalue weighted by atomic mass is 35.5. The Morgan fingerprint density at radius 2 is 0.733 bits per heavy atom. The maximum absolute atomic E-state index is 7.14. The van der Waals surface area contributed by atoms with Crippen LogP contribution < -0.4 is 16.4 Å². The number of hydrogen-bond donors (Lipinski definition) is 0. The minimum absolute atomic E-state index is 0.357. The Bertz CT molecular complexity index is 4150. The molecule has 13 aromatic rings. The Morgan fingerprint density at radius 3 is 1.25 bits per heavy atom. The van der Waals surface area contributed by atoms with Crippen molar-refractivity contribution in [3.05, 3.63) is 249 Å². The van der Waals surface area contributed by atoms with Gasteiger partial charge in [0, 0.05) is 68.5 Å². The highest BCUT2D eigenvalue weighted by Gasteiger charge is 2.33. The average molecular weight is 1090 g/mol. The van der Waals surface area contributed by atoms with Crippen LogP contribution in [0.4, 0.5) is 0 Å². The van der Waals surface area contributed by atoms with Crippen LogP contribution in [0.3, 0.4) is 0 Å². The Balaban J connectivity index is 1.13. The normalized spacial score (nSPS) is 11.6. The lowest BCUT2D eigenvalue weighted by Gasteiger charge is -2.21. The Morgan fingerprint density at radius 1 is 0.320 bits per heavy atom. The van der Waals surface area contributed by atoms with Gasteiger partial charge in [-0.25, -0.2) is 4.98 Å². The smallest absolute Gasteiger partial charge is 0.249 e. The summed E-state index contributed by atoms with van der Waals surface area (Å²) in [6.07, 6.45) is 0. The SMILES string of the molecule is Clc1cc(Cl)c(B(c2ccc3c(c2)c2ccc4c5ccccc5n(-c5ccccc5)c4c2n3-c2nc(-c3ccc(-c4ccccc4)cc3)nc(-c3ccc(-c4ccccc4)cc3)n2)c2c(Cl)cc(Cl)cc2Cl)c(Cl)c1. The summed E-state index contributed by atoms with van der Waals surface area (Å²) >= 11 is 41.7. The summed E-state index contributed by atoms with van der Waals surface area (Å²) in [4.78, 5) is 16.2. The molecule has 358 valence electrons. The van der Waals surface area contributed by atoms with Gasteiger partial charge in [0.25, 0.3) is 0 Å². The lowest BCUT2D eigenvalue weighted by atomic mass is 9.36. The number of rotatable bonds is 9. The van der Waals surface area contributed by atoms with Gasteiger partial charge in [-0.3, -0.25) is 4.57 Å². The fraction of sp³-hybridized carbons (Fsp3) is 0. The fourth-order valence-electron chi connectivity index (χ4n) is 10.5. The standard InChI is InChI=1S/C63H36BCl6N5/c65-44-33-51(67)57(52(68)34-44)64(58-53(69)35-45(66)36-54(58)70)43-28-31-56-50(32-43)49-30-29-48-47-18-10-11-19-55(47)74(46-16-8-3-9-17-46)59(48)60(49)75(56)63-72-61(41-24-20-39(21-25-41)37-12-4-1-5-13-37)71-62(73-63)42-26-22-40(23-27-42)38-14-6-2-7-15-38/h1-36H. The number of hydrogen-bond acceptors (Lipinski definition) is 3. The molecule has 0 spiro atoms. The summed E-state index contributed by atoms with van der Waals surface area (Å²) < 4.78 is 4.51. The van der Waals surface area contributed by atoms with Crippen molar-refractivity contribution in [3.8, 4) is 56.7 Å². The summed E-state index contributed by atoms with van der Waals surface area (Å²) in [5.41, 5.74) is 12.8. The predicted molar refractivity (Wildman–Crippen MR) is 318 cm³/mol. The van der Waals surface area contributed by atoms with Crippen molar-refractivity contribution in [1.29, 1.82) is 0 Å². The zero-order valence-electron chi connectivity index (χ0n) is 39.4. The number of fused-ring (bicyclic) bond motifs is 7. The van der Waals surface area contributed by atoms with E-state index in [1.807, 2.05) is 42.5 Å². The van der Waals surface area contributed by atoms with Crippen LogP contribution in [0.2, 0.25) is 30.1 Å². The van der Waals surface area contributed by atoms with E-state index in [1.54, 1.807) is 24.3 Å². The zero-order chi connectivity index (χ0) is 50.9. The van der Waals surface area contributed by atoms with E-state index in [0.717, 1.165) is 88.1 Å². The molecule has 0 saturated carbocycles. The van der Waals surface area contributed by atoms with Crippen LogP contribution in [0.25, 0.3) is 100 Å². The van der Waals surface area contributed by atoms with E-state index in [1.165, 1.54) is 0 Å². The molecule has 75 heavy (non-hydrogen) atoms. The Hall–Kier alpha value is -7.39. The molecule has 5 nitrogen and oxygen atoms in total. The van der Waals surface area contributed by atoms with Crippen molar-refractivity contribution in [3.63, 3.8) is 0 Å². The molecule has 3 aromatic heterocycles. The van der Waals surface area contributed by atoms with Gasteiger partial charge in [-0.05, 0) is 81.7 Å². The first-order chi connectivity index (χ1) is 36.7. The van der Waals surface area contributed by atoms with Gasteiger partial charge >= 0.3 is 0 Å². The van der Waals surface area contributed by atoms with Gasteiger partial charge in [0.05, 0.1) is 22.1 Å². The van der Waals surface area contributed by atoms with Crippen LogP contribution >= 0.6 is 69.6 Å². The van der Waals surface area contributed by atoms with Crippen molar-refractivity contribution in [2.75, 3.05) is 0 Å². The highest BCUT2D eigenvalue weighted by molar-refractivity contribution is 7.00. The molecule has 13 rings (SSSR count). The first-order valence-corrected chi connectivity index (χ1v) is 26.4. The molecule has 0 aliphatic carbocycles. The summed E-state index contributed by atoms with van der Waals surface area (Å²) in [6.45, 7) is -0.657. The van der Waals surface area contributed by atoms with E-state index in [4.69, 9.17) is 84.6 Å². The topological polar surface area (TPSA) is 48.5 Å². The van der Waals surface area contributed by atoms with Crippen LogP contribution in [-0.2, 0) is 0 Å². The first-order valence-electron chi connectivity index (χ1n) is 24.1. The molecule has 0 unspecified atom stereocenters. The number of para-hydroxylation sites is 2. The largest absolute Gasteiger partial charge is 0.307 e. The maximum atomic E-state index is 7.14. The van der Waals surface area contributed by atoms with Crippen LogP contribution in [0.5, 0.6) is 0 Å². The Kier molecular flexibility index (Phi) is 12.2. The van der Waals surface area contributed by atoms with E-state index in [2.05, 4.69) is 161 Å². The minimum atomic E-state index is -0.657. The molecular formula is C63H36BCl6N5. The van der Waals surface area contributed by atoms with Gasteiger partial charge in [-0.15, -0.1) is 0 Å². The number of nitrogens with zero attached hydrogens (tertiary/aromatic N) is 5. The summed E-state index contributed by atoms with van der Waals surface area (Å²) in [6, 6.07) is 73.8. The van der Waals surface area contributed by atoms with Crippen molar-refractivity contribution in [1.82, 2.24) is 24.1 Å². The molecule has 0 fully saturated rings. The maximum Gasteiger partial charge on any atom is 0.249 e. The molecule has 0 aliphatic rings. The van der Waals surface area contributed by atoms with E-state index in [-0.39, 0.29) is 0 Å². The van der Waals surface area contributed by atoms with Gasteiger partial charge < -0.3 is 4.57 Å². The molecule has 10 aromatic carbocycles. The molecule has 0 radical (unpaired) electrons. The van der Waals surface area contributed by atoms with Crippen LogP contribution in [0.1, 0.15) is 0 Å². The third-order valence-electron chi connectivity index (χ3n) is 13.9. The van der Waals surface area contributed by atoms with Gasteiger partial charge in [0.15, 0.2) is 11.6 Å². The van der Waals surface area contributed by atoms with Gasteiger partial charge in [-0.1, -0.05) is 245 Å². The average Bonchev–Trinajstić information content (AvgIpc) is 3.98. The second-order valence-corrected chi connectivity index (χ2v) is 20.8. The van der Waals surface area contributed by atoms with Gasteiger partial charge in [-0.2, -0.15) is 9.97 Å². The van der Waals surface area contributed by atoms with Crippen LogP contribution in [0, 0.1) is 0 Å². The molecule has 0 bridgehead atoms. The predicted octanol–water partition coefficient (Wildman–Crippen LogP) is 17.2. The molecule has 12 heteroatoms. The Labute approximate surface area is 462 Å². The van der Waals surface area contributed by atoms with E-state index >= 15 is 0 Å². The third kappa shape index (κ3) is 8.43. The molecule has 0 N–H and O–H groups in total. The molecule has 3 heterocycles. The van der Waals surface area contributed by atoms with Crippen molar-refractivity contribution >= 4 is 136 Å². The summed E-state index contributed by atoms with van der Waals surface area (Å²) in [5, 5.41) is 6.23. The van der Waals surface area contributed by atoms with Crippen molar-refractivity contribution < 1.29 is 0 Å². The van der Waals surface area contributed by atoms with Crippen LogP contribution in [-0.4, -0.2) is 30.8 Å². The van der Waals surface area contributed by atoms with Crippen LogP contribution in [0.15, 0.2) is 218 Å². The monoisotopic (exact) mass is 1080 g/mol. The lowest BCUT2D eigenvalue weighted by Crippen LogP contribution is -2.53. The quantitative estimate of drug-likeness (QED) is 0.135. The number of halogens is 6. The summed E-state index contributed by atoms with van der Waals surface area (Å²) in [7, 11) is 0. The van der Waals surface area contributed by atoms with Gasteiger partial charge in [0.1, 0.15) is 0 Å². The van der Waals surface area contributed by atoms with Gasteiger partial charge in [0.2, 0.25) is 12.7 Å². The van der Waals surface area contributed by atoms with E-state index in [0.29, 0.717) is 58.7 Å². The van der Waals surface area contributed by atoms with E-state index < -0.39 is 6.71 Å².